The first kappa shape index (κ1) is 18.2. The number of carbonyl (C=O) groups excluding carboxylic acids is 1. The van der Waals surface area contributed by atoms with Gasteiger partial charge in [0.15, 0.2) is 5.76 Å². The van der Waals surface area contributed by atoms with Gasteiger partial charge >= 0.3 is 5.97 Å². The maximum atomic E-state index is 12.2. The molecule has 29 heavy (non-hydrogen) atoms. The van der Waals surface area contributed by atoms with Gasteiger partial charge in [-0.3, -0.25) is 4.90 Å². The lowest BCUT2D eigenvalue weighted by Crippen LogP contribution is -2.61. The number of aliphatic hydroxyl groups excluding tert-OH is 1. The molecule has 1 N–H and O–H groups in total. The normalized spacial score (nSPS) is 52.2. The topological polar surface area (TPSA) is 77.5 Å². The third-order valence-electron chi connectivity index (χ3n) is 8.56. The Morgan fingerprint density at radius 1 is 1.41 bits per heavy atom. The Morgan fingerprint density at radius 3 is 2.93 bits per heavy atom. The number of hydrogen-bond donors (Lipinski definition) is 1. The predicted molar refractivity (Wildman–Crippen MR) is 101 cm³/mol. The van der Waals surface area contributed by atoms with Crippen molar-refractivity contribution in [2.24, 2.45) is 17.8 Å². The average molecular weight is 403 g/mol. The molecule has 0 radical (unpaired) electrons. The number of nitrogens with zero attached hydrogens (tertiary/aromatic N) is 1. The van der Waals surface area contributed by atoms with E-state index >= 15 is 0 Å². The molecule has 0 aromatic rings. The fourth-order valence-electron chi connectivity index (χ4n) is 7.62. The molecule has 5 fully saturated rings. The number of ether oxygens (including phenoxy) is 4. The van der Waals surface area contributed by atoms with Crippen molar-refractivity contribution in [3.63, 3.8) is 0 Å². The molecule has 0 aliphatic carbocycles. The molecule has 0 aromatic heterocycles. The van der Waals surface area contributed by atoms with E-state index in [0.29, 0.717) is 28.9 Å². The Morgan fingerprint density at radius 2 is 2.21 bits per heavy atom. The molecule has 9 atom stereocenters. The smallest absolute Gasteiger partial charge is 0.343 e. The molecular formula is C22H29NO6. The van der Waals surface area contributed by atoms with Crippen molar-refractivity contribution < 1.29 is 28.8 Å². The molecule has 6 heterocycles. The van der Waals surface area contributed by atoms with Gasteiger partial charge in [-0.2, -0.15) is 0 Å². The van der Waals surface area contributed by atoms with Crippen molar-refractivity contribution in [2.75, 3.05) is 13.7 Å². The standard InChI is InChI=1S/C22H29NO6/c1-10(24)5-7-21-14-6-8-23(21)13-9-15(21)28-22(14)16(13)11(2)18(29-22)19-17(26-4)12(3)20(25)27-19/h10-11,13-16,24H,5-9H2,1-4H3/b19-18-/t10-,11-,13-,14+,15-,16+,21-,22+/m0/s1. The molecule has 6 aliphatic heterocycles. The van der Waals surface area contributed by atoms with Crippen LogP contribution in [-0.4, -0.2) is 59.2 Å². The number of piperidine rings is 1. The summed E-state index contributed by atoms with van der Waals surface area (Å²) in [6, 6.07) is 0.405. The van der Waals surface area contributed by atoms with Gasteiger partial charge in [0.05, 0.1) is 36.3 Å². The van der Waals surface area contributed by atoms with Gasteiger partial charge in [-0.15, -0.1) is 0 Å². The SMILES string of the molecule is COC1=C(C)C(=O)O/C1=C1\O[C@@]23O[C@H]4C[C@@H]([C@H]2[C@@H]1C)N1CC[C@@H]3[C@@]41CC[C@H](C)O. The highest BCUT2D eigenvalue weighted by atomic mass is 16.7. The van der Waals surface area contributed by atoms with Crippen LogP contribution in [0.15, 0.2) is 22.9 Å². The number of methoxy groups -OCH3 is 1. The van der Waals surface area contributed by atoms with E-state index < -0.39 is 5.79 Å². The summed E-state index contributed by atoms with van der Waals surface area (Å²) in [6.45, 7) is 6.82. The first-order chi connectivity index (χ1) is 13.8. The molecule has 0 amide bonds. The van der Waals surface area contributed by atoms with Gasteiger partial charge in [0.25, 0.3) is 0 Å². The maximum absolute atomic E-state index is 12.2. The van der Waals surface area contributed by atoms with E-state index in [1.54, 1.807) is 14.0 Å². The van der Waals surface area contributed by atoms with E-state index in [9.17, 15) is 9.90 Å². The van der Waals surface area contributed by atoms with Crippen LogP contribution in [0.5, 0.6) is 0 Å². The Kier molecular flexibility index (Phi) is 3.49. The van der Waals surface area contributed by atoms with Crippen LogP contribution in [0.2, 0.25) is 0 Å². The summed E-state index contributed by atoms with van der Waals surface area (Å²) >= 11 is 0. The van der Waals surface area contributed by atoms with E-state index in [0.717, 1.165) is 32.2 Å². The minimum atomic E-state index is -0.650. The van der Waals surface area contributed by atoms with Crippen molar-refractivity contribution in [1.29, 1.82) is 0 Å². The number of rotatable bonds is 4. The zero-order chi connectivity index (χ0) is 20.3. The van der Waals surface area contributed by atoms with Gasteiger partial charge in [-0.1, -0.05) is 6.92 Å². The highest BCUT2D eigenvalue weighted by molar-refractivity contribution is 5.93. The third kappa shape index (κ3) is 1.89. The Labute approximate surface area is 170 Å². The largest absolute Gasteiger partial charge is 0.492 e. The Bertz CT molecular complexity index is 863. The van der Waals surface area contributed by atoms with Crippen LogP contribution in [0.3, 0.4) is 0 Å². The molecule has 1 spiro atoms. The molecule has 7 heteroatoms. The second kappa shape index (κ2) is 5.56. The van der Waals surface area contributed by atoms with Gasteiger partial charge < -0.3 is 24.1 Å². The highest BCUT2D eigenvalue weighted by Gasteiger charge is 2.84. The zero-order valence-electron chi connectivity index (χ0n) is 17.4. The number of fused-ring (bicyclic) bond motifs is 1. The minimum Gasteiger partial charge on any atom is -0.492 e. The molecule has 0 aromatic carbocycles. The van der Waals surface area contributed by atoms with Crippen LogP contribution in [0.4, 0.5) is 0 Å². The molecule has 158 valence electrons. The van der Waals surface area contributed by atoms with Crippen molar-refractivity contribution in [2.45, 2.75) is 76.0 Å². The number of carbonyl (C=O) groups is 1. The second-order valence-electron chi connectivity index (χ2n) is 9.70. The van der Waals surface area contributed by atoms with E-state index in [-0.39, 0.29) is 41.5 Å². The quantitative estimate of drug-likeness (QED) is 0.720. The summed E-state index contributed by atoms with van der Waals surface area (Å²) < 4.78 is 24.5. The maximum Gasteiger partial charge on any atom is 0.343 e. The zero-order valence-corrected chi connectivity index (χ0v) is 17.4. The summed E-state index contributed by atoms with van der Waals surface area (Å²) in [5.41, 5.74) is 0.451. The monoisotopic (exact) mass is 403 g/mol. The number of esters is 1. The first-order valence-corrected chi connectivity index (χ1v) is 10.9. The summed E-state index contributed by atoms with van der Waals surface area (Å²) in [4.78, 5) is 14.9. The molecule has 5 saturated heterocycles. The van der Waals surface area contributed by atoms with Crippen molar-refractivity contribution >= 4 is 5.97 Å². The highest BCUT2D eigenvalue weighted by Crippen LogP contribution is 2.73. The van der Waals surface area contributed by atoms with E-state index in [1.165, 1.54) is 0 Å². The van der Waals surface area contributed by atoms with Gasteiger partial charge in [-0.25, -0.2) is 4.79 Å². The lowest BCUT2D eigenvalue weighted by molar-refractivity contribution is -0.256. The molecule has 0 saturated carbocycles. The Balaban J connectivity index is 1.44. The van der Waals surface area contributed by atoms with Crippen molar-refractivity contribution in [3.05, 3.63) is 22.9 Å². The second-order valence-corrected chi connectivity index (χ2v) is 9.70. The van der Waals surface area contributed by atoms with Crippen LogP contribution in [0, 0.1) is 17.8 Å². The van der Waals surface area contributed by atoms with Gasteiger partial charge in [-0.05, 0) is 46.1 Å². The predicted octanol–water partition coefficient (Wildman–Crippen LogP) is 2.06. The summed E-state index contributed by atoms with van der Waals surface area (Å²) in [7, 11) is 1.56. The number of hydrogen-bond acceptors (Lipinski definition) is 7. The van der Waals surface area contributed by atoms with E-state index in [2.05, 4.69) is 11.8 Å². The summed E-state index contributed by atoms with van der Waals surface area (Å²) in [5, 5.41) is 9.95. The van der Waals surface area contributed by atoms with Gasteiger partial charge in [0.1, 0.15) is 5.76 Å². The molecule has 7 nitrogen and oxygen atoms in total. The number of allylic oxidation sites excluding steroid dienone is 1. The fraction of sp³-hybridized carbons (Fsp3) is 0.773. The van der Waals surface area contributed by atoms with Crippen LogP contribution in [0.1, 0.15) is 46.5 Å². The molecule has 6 aliphatic rings. The van der Waals surface area contributed by atoms with Crippen molar-refractivity contribution in [1.82, 2.24) is 4.90 Å². The van der Waals surface area contributed by atoms with Crippen molar-refractivity contribution in [3.8, 4) is 0 Å². The average Bonchev–Trinajstić information content (AvgIpc) is 3.38. The number of cyclic esters (lactones) is 1. The molecular weight excluding hydrogens is 374 g/mol. The fourth-order valence-corrected chi connectivity index (χ4v) is 7.62. The summed E-state index contributed by atoms with van der Waals surface area (Å²) in [6.07, 6.45) is 3.61. The Hall–Kier alpha value is -1.57. The molecule has 5 bridgehead atoms. The minimum absolute atomic E-state index is 0.0276. The van der Waals surface area contributed by atoms with E-state index in [4.69, 9.17) is 18.9 Å². The summed E-state index contributed by atoms with van der Waals surface area (Å²) in [5.74, 6) is 1.15. The van der Waals surface area contributed by atoms with Gasteiger partial charge in [0, 0.05) is 17.9 Å². The third-order valence-corrected chi connectivity index (χ3v) is 8.56. The lowest BCUT2D eigenvalue weighted by atomic mass is 9.69. The van der Waals surface area contributed by atoms with Crippen LogP contribution >= 0.6 is 0 Å². The van der Waals surface area contributed by atoms with E-state index in [1.807, 2.05) is 6.92 Å². The van der Waals surface area contributed by atoms with Gasteiger partial charge in [0.2, 0.25) is 11.5 Å². The first-order valence-electron chi connectivity index (χ1n) is 10.9. The van der Waals surface area contributed by atoms with Crippen LogP contribution in [0.25, 0.3) is 0 Å². The number of aliphatic hydroxyl groups is 1. The lowest BCUT2D eigenvalue weighted by Gasteiger charge is -2.48. The molecule has 1 unspecified atom stereocenters. The van der Waals surface area contributed by atoms with Crippen LogP contribution < -0.4 is 0 Å². The molecule has 6 rings (SSSR count). The van der Waals surface area contributed by atoms with Crippen LogP contribution in [-0.2, 0) is 23.7 Å².